The number of benzene rings is 1. The zero-order valence-corrected chi connectivity index (χ0v) is 12.0. The number of rotatable bonds is 3. The largest absolute Gasteiger partial charge is 0.309 e. The van der Waals surface area contributed by atoms with Gasteiger partial charge >= 0.3 is 0 Å². The minimum atomic E-state index is -0.360. The molecule has 1 atom stereocenters. The van der Waals surface area contributed by atoms with Crippen molar-refractivity contribution in [2.45, 2.75) is 6.04 Å². The van der Waals surface area contributed by atoms with Crippen LogP contribution in [0.3, 0.4) is 0 Å². The summed E-state index contributed by atoms with van der Waals surface area (Å²) in [5.74, 6) is -0.360. The summed E-state index contributed by atoms with van der Waals surface area (Å²) in [5.41, 5.74) is 1.62. The molecule has 2 nitrogen and oxygen atoms in total. The Morgan fingerprint density at radius 2 is 2.11 bits per heavy atom. The average molecular weight is 330 g/mol. The van der Waals surface area contributed by atoms with Crippen molar-refractivity contribution in [2.75, 3.05) is 7.05 Å². The van der Waals surface area contributed by atoms with Gasteiger partial charge in [-0.3, -0.25) is 4.98 Å². The normalized spacial score (nSPS) is 12.4. The number of pyridine rings is 1. The van der Waals surface area contributed by atoms with Crippen LogP contribution < -0.4 is 5.32 Å². The molecule has 2 aromatic rings. The van der Waals surface area contributed by atoms with Crippen molar-refractivity contribution < 1.29 is 4.39 Å². The third-order valence-corrected chi connectivity index (χ3v) is 3.44. The van der Waals surface area contributed by atoms with Crippen molar-refractivity contribution in [1.29, 1.82) is 0 Å². The molecular formula is C13H11BrClFN2. The smallest absolute Gasteiger partial charge is 0.141 e. The van der Waals surface area contributed by atoms with Crippen LogP contribution in [0, 0.1) is 5.82 Å². The van der Waals surface area contributed by atoms with Gasteiger partial charge in [-0.1, -0.05) is 33.6 Å². The Hall–Kier alpha value is -0.970. The summed E-state index contributed by atoms with van der Waals surface area (Å²) >= 11 is 9.57. The van der Waals surface area contributed by atoms with Crippen molar-refractivity contribution in [1.82, 2.24) is 10.3 Å². The van der Waals surface area contributed by atoms with Crippen molar-refractivity contribution in [3.05, 3.63) is 63.1 Å². The van der Waals surface area contributed by atoms with Crippen LogP contribution in [-0.2, 0) is 0 Å². The Balaban J connectivity index is 2.45. The molecule has 94 valence electrons. The van der Waals surface area contributed by atoms with Gasteiger partial charge in [-0.2, -0.15) is 0 Å². The summed E-state index contributed by atoms with van der Waals surface area (Å²) in [6, 6.07) is 6.88. The number of nitrogens with one attached hydrogen (secondary N) is 1. The Kier molecular flexibility index (Phi) is 4.32. The van der Waals surface area contributed by atoms with E-state index in [2.05, 4.69) is 26.2 Å². The van der Waals surface area contributed by atoms with E-state index >= 15 is 0 Å². The fourth-order valence-corrected chi connectivity index (χ4v) is 2.61. The lowest BCUT2D eigenvalue weighted by Gasteiger charge is -2.18. The molecule has 1 unspecified atom stereocenters. The predicted molar refractivity (Wildman–Crippen MR) is 74.2 cm³/mol. The van der Waals surface area contributed by atoms with E-state index in [4.69, 9.17) is 11.6 Å². The maximum absolute atomic E-state index is 13.2. The highest BCUT2D eigenvalue weighted by Crippen LogP contribution is 2.30. The van der Waals surface area contributed by atoms with Crippen LogP contribution in [0.5, 0.6) is 0 Å². The van der Waals surface area contributed by atoms with Crippen LogP contribution in [0.2, 0.25) is 5.02 Å². The molecule has 2 rings (SSSR count). The summed E-state index contributed by atoms with van der Waals surface area (Å²) in [7, 11) is 1.80. The van der Waals surface area contributed by atoms with E-state index in [1.54, 1.807) is 13.2 Å². The SMILES string of the molecule is CNC(c1cncc(F)c1)c1ccc(Br)cc1Cl. The van der Waals surface area contributed by atoms with E-state index in [0.29, 0.717) is 5.02 Å². The van der Waals surface area contributed by atoms with Gasteiger partial charge in [0.2, 0.25) is 0 Å². The predicted octanol–water partition coefficient (Wildman–Crippen LogP) is 3.95. The molecule has 0 saturated carbocycles. The molecule has 0 fully saturated rings. The van der Waals surface area contributed by atoms with Crippen LogP contribution in [0.4, 0.5) is 4.39 Å². The molecule has 1 N–H and O–H groups in total. The topological polar surface area (TPSA) is 24.9 Å². The van der Waals surface area contributed by atoms with Crippen LogP contribution in [0.1, 0.15) is 17.2 Å². The summed E-state index contributed by atoms with van der Waals surface area (Å²) in [6.07, 6.45) is 2.81. The first kappa shape index (κ1) is 13.5. The molecule has 0 aliphatic rings. The van der Waals surface area contributed by atoms with Gasteiger partial charge < -0.3 is 5.32 Å². The Morgan fingerprint density at radius 3 is 2.72 bits per heavy atom. The van der Waals surface area contributed by atoms with E-state index in [0.717, 1.165) is 15.6 Å². The third-order valence-electron chi connectivity index (χ3n) is 2.62. The molecule has 1 aromatic carbocycles. The Bertz CT molecular complexity index is 562. The van der Waals surface area contributed by atoms with Crippen LogP contribution in [0.15, 0.2) is 41.1 Å². The molecule has 0 amide bonds. The van der Waals surface area contributed by atoms with Crippen molar-refractivity contribution in [3.63, 3.8) is 0 Å². The van der Waals surface area contributed by atoms with Crippen molar-refractivity contribution in [3.8, 4) is 0 Å². The van der Waals surface area contributed by atoms with E-state index in [1.165, 1.54) is 12.3 Å². The zero-order valence-electron chi connectivity index (χ0n) is 9.62. The van der Waals surface area contributed by atoms with Crippen LogP contribution in [-0.4, -0.2) is 12.0 Å². The minimum Gasteiger partial charge on any atom is -0.309 e. The van der Waals surface area contributed by atoms with Crippen molar-refractivity contribution >= 4 is 27.5 Å². The van der Waals surface area contributed by atoms with Gasteiger partial charge in [0.25, 0.3) is 0 Å². The quantitative estimate of drug-likeness (QED) is 0.922. The van der Waals surface area contributed by atoms with E-state index < -0.39 is 0 Å². The highest BCUT2D eigenvalue weighted by Gasteiger charge is 2.16. The summed E-state index contributed by atoms with van der Waals surface area (Å²) in [4.78, 5) is 3.86. The second kappa shape index (κ2) is 5.78. The molecule has 0 aliphatic heterocycles. The molecule has 0 bridgehead atoms. The van der Waals surface area contributed by atoms with Gasteiger partial charge in [-0.15, -0.1) is 0 Å². The first-order chi connectivity index (χ1) is 8.61. The fourth-order valence-electron chi connectivity index (χ4n) is 1.82. The maximum atomic E-state index is 13.2. The van der Waals surface area contributed by atoms with Gasteiger partial charge in [-0.25, -0.2) is 4.39 Å². The van der Waals surface area contributed by atoms with E-state index in [-0.39, 0.29) is 11.9 Å². The van der Waals surface area contributed by atoms with Crippen LogP contribution in [0.25, 0.3) is 0 Å². The number of aromatic nitrogens is 1. The second-order valence-electron chi connectivity index (χ2n) is 3.82. The standard InChI is InChI=1S/C13H11BrClFN2/c1-17-13(8-4-10(16)7-18-6-8)11-3-2-9(14)5-12(11)15/h2-7,13,17H,1H3. The first-order valence-electron chi connectivity index (χ1n) is 5.34. The molecule has 5 heteroatoms. The zero-order chi connectivity index (χ0) is 13.1. The molecule has 0 aliphatic carbocycles. The lowest BCUT2D eigenvalue weighted by Crippen LogP contribution is -2.18. The van der Waals surface area contributed by atoms with Gasteiger partial charge in [0.05, 0.1) is 12.2 Å². The van der Waals surface area contributed by atoms with Gasteiger partial charge in [0, 0.05) is 15.7 Å². The fraction of sp³-hybridized carbons (Fsp3) is 0.154. The van der Waals surface area contributed by atoms with Gasteiger partial charge in [0.1, 0.15) is 5.82 Å². The average Bonchev–Trinajstić information content (AvgIpc) is 2.33. The first-order valence-corrected chi connectivity index (χ1v) is 6.51. The number of nitrogens with zero attached hydrogens (tertiary/aromatic N) is 1. The van der Waals surface area contributed by atoms with E-state index in [9.17, 15) is 4.39 Å². The Labute approximate surface area is 118 Å². The van der Waals surface area contributed by atoms with Crippen LogP contribution >= 0.6 is 27.5 Å². The summed E-state index contributed by atoms with van der Waals surface area (Å²) in [6.45, 7) is 0. The van der Waals surface area contributed by atoms with E-state index in [1.807, 2.05) is 18.2 Å². The summed E-state index contributed by atoms with van der Waals surface area (Å²) in [5, 5.41) is 3.73. The minimum absolute atomic E-state index is 0.186. The second-order valence-corrected chi connectivity index (χ2v) is 5.15. The molecule has 0 spiro atoms. The van der Waals surface area contributed by atoms with Gasteiger partial charge in [-0.05, 0) is 36.4 Å². The van der Waals surface area contributed by atoms with Gasteiger partial charge in [0.15, 0.2) is 0 Å². The maximum Gasteiger partial charge on any atom is 0.141 e. The Morgan fingerprint density at radius 1 is 1.33 bits per heavy atom. The molecule has 0 radical (unpaired) electrons. The van der Waals surface area contributed by atoms with Crippen molar-refractivity contribution in [2.24, 2.45) is 0 Å². The molecule has 0 saturated heterocycles. The lowest BCUT2D eigenvalue weighted by atomic mass is 10.0. The number of hydrogen-bond donors (Lipinski definition) is 1. The monoisotopic (exact) mass is 328 g/mol. The molecular weight excluding hydrogens is 319 g/mol. The highest BCUT2D eigenvalue weighted by molar-refractivity contribution is 9.10. The molecule has 1 aromatic heterocycles. The highest BCUT2D eigenvalue weighted by atomic mass is 79.9. The number of halogens is 3. The third kappa shape index (κ3) is 2.88. The molecule has 18 heavy (non-hydrogen) atoms. The molecule has 1 heterocycles. The summed E-state index contributed by atoms with van der Waals surface area (Å²) < 4.78 is 14.1. The lowest BCUT2D eigenvalue weighted by molar-refractivity contribution is 0.608. The number of hydrogen-bond acceptors (Lipinski definition) is 2.